The molecule has 50 heavy (non-hydrogen) atoms. The summed E-state index contributed by atoms with van der Waals surface area (Å²) in [4.78, 5) is 14.6. The molecule has 4 nitrogen and oxygen atoms in total. The number of rotatable bonds is 5. The number of benzene rings is 7. The van der Waals surface area contributed by atoms with Gasteiger partial charge < -0.3 is 4.57 Å². The van der Waals surface area contributed by atoms with Gasteiger partial charge >= 0.3 is 0 Å². The summed E-state index contributed by atoms with van der Waals surface area (Å²) in [5.41, 5.74) is 7.66. The first kappa shape index (κ1) is 26.5. The molecule has 0 aliphatic carbocycles. The molecule has 0 radical (unpaired) electrons. The number of aromatic nitrogens is 4. The Labute approximate surface area is 295 Å². The van der Waals surface area contributed by atoms with Crippen molar-refractivity contribution in [3.8, 4) is 51.0 Å². The number of para-hydroxylation sites is 1. The second kappa shape index (κ2) is 11.6. The fourth-order valence-electron chi connectivity index (χ4n) is 6.93. The maximum absolute atomic E-state index is 9.24. The highest BCUT2D eigenvalue weighted by atomic mass is 32.1. The highest BCUT2D eigenvalue weighted by Gasteiger charge is 2.18. The molecule has 0 spiro atoms. The van der Waals surface area contributed by atoms with E-state index in [0.717, 1.165) is 75.5 Å². The Morgan fingerprint density at radius 3 is 1.54 bits per heavy atom. The topological polar surface area (TPSA) is 43.6 Å². The van der Waals surface area contributed by atoms with Gasteiger partial charge in [-0.1, -0.05) is 133 Å². The number of hydrogen-bond donors (Lipinski definition) is 0. The Morgan fingerprint density at radius 2 is 0.900 bits per heavy atom. The van der Waals surface area contributed by atoms with Crippen LogP contribution in [0.15, 0.2) is 170 Å². The third-order valence-corrected chi connectivity index (χ3v) is 10.4. The first-order valence-electron chi connectivity index (χ1n) is 17.5. The molecule has 3 heterocycles. The van der Waals surface area contributed by atoms with Crippen LogP contribution in [0.5, 0.6) is 0 Å². The van der Waals surface area contributed by atoms with Crippen LogP contribution in [-0.2, 0) is 0 Å². The smallest absolute Gasteiger partial charge is 0.164 e. The van der Waals surface area contributed by atoms with Crippen LogP contribution in [-0.4, -0.2) is 19.5 Å². The largest absolute Gasteiger partial charge is 0.309 e. The van der Waals surface area contributed by atoms with E-state index in [2.05, 4.69) is 89.5 Å². The van der Waals surface area contributed by atoms with Gasteiger partial charge in [0.05, 0.1) is 13.8 Å². The molecule has 0 N–H and O–H groups in total. The molecule has 234 valence electrons. The van der Waals surface area contributed by atoms with Crippen LogP contribution in [0.4, 0.5) is 0 Å². The van der Waals surface area contributed by atoms with Crippen LogP contribution in [0, 0.1) is 0 Å². The van der Waals surface area contributed by atoms with Gasteiger partial charge in [0.15, 0.2) is 17.5 Å². The van der Waals surface area contributed by atoms with E-state index in [9.17, 15) is 1.37 Å². The Morgan fingerprint density at radius 1 is 0.400 bits per heavy atom. The molecule has 0 saturated heterocycles. The van der Waals surface area contributed by atoms with E-state index in [1.54, 1.807) is 11.3 Å². The average Bonchev–Trinajstić information content (AvgIpc) is 3.77. The van der Waals surface area contributed by atoms with Gasteiger partial charge in [-0.2, -0.15) is 0 Å². The predicted molar refractivity (Wildman–Crippen MR) is 209 cm³/mol. The number of nitrogens with zero attached hydrogens (tertiary/aromatic N) is 4. The van der Waals surface area contributed by atoms with Crippen molar-refractivity contribution in [1.82, 2.24) is 19.5 Å². The van der Waals surface area contributed by atoms with E-state index in [0.29, 0.717) is 17.5 Å². The zero-order chi connectivity index (χ0) is 34.8. The average molecular weight is 659 g/mol. The monoisotopic (exact) mass is 658 g/mol. The van der Waals surface area contributed by atoms with Crippen LogP contribution in [0.1, 0.15) is 2.74 Å². The van der Waals surface area contributed by atoms with Crippen molar-refractivity contribution in [2.75, 3.05) is 0 Å². The second-order valence-corrected chi connectivity index (χ2v) is 13.3. The van der Waals surface area contributed by atoms with Crippen molar-refractivity contribution in [2.45, 2.75) is 0 Å². The Kier molecular flexibility index (Phi) is 6.16. The molecule has 0 aliphatic heterocycles. The maximum atomic E-state index is 9.24. The van der Waals surface area contributed by atoms with E-state index in [1.807, 2.05) is 72.8 Å². The van der Waals surface area contributed by atoms with Gasteiger partial charge in [0, 0.05) is 53.3 Å². The Bertz CT molecular complexity index is 2900. The lowest BCUT2D eigenvalue weighted by molar-refractivity contribution is 1.07. The molecule has 10 rings (SSSR count). The Balaban J connectivity index is 1.05. The fourth-order valence-corrected chi connectivity index (χ4v) is 7.99. The van der Waals surface area contributed by atoms with Crippen LogP contribution in [0.25, 0.3) is 93.0 Å². The minimum Gasteiger partial charge on any atom is -0.309 e. The van der Waals surface area contributed by atoms with Crippen molar-refractivity contribution in [2.24, 2.45) is 0 Å². The second-order valence-electron chi connectivity index (χ2n) is 12.3. The molecular weight excluding hydrogens is 629 g/mol. The zero-order valence-corrected chi connectivity index (χ0v) is 27.5. The summed E-state index contributed by atoms with van der Waals surface area (Å²) in [5, 5.41) is 4.32. The summed E-state index contributed by atoms with van der Waals surface area (Å²) in [6.07, 6.45) is 0. The molecule has 0 unspecified atom stereocenters. The molecular formula is C45H28N4S. The number of thiophene rings is 1. The highest BCUT2D eigenvalue weighted by molar-refractivity contribution is 7.26. The summed E-state index contributed by atoms with van der Waals surface area (Å²) >= 11 is 1.60. The molecule has 3 aromatic heterocycles. The fraction of sp³-hybridized carbons (Fsp3) is 0. The molecule has 5 heteroatoms. The van der Waals surface area contributed by atoms with E-state index in [1.165, 1.54) is 0 Å². The zero-order valence-electron chi connectivity index (χ0n) is 28.7. The summed E-state index contributed by atoms with van der Waals surface area (Å²) < 4.78 is 22.5. The molecule has 0 bridgehead atoms. The summed E-state index contributed by atoms with van der Waals surface area (Å²) in [7, 11) is 0. The van der Waals surface area contributed by atoms with Crippen molar-refractivity contribution in [3.63, 3.8) is 0 Å². The first-order valence-corrected chi connectivity index (χ1v) is 17.4. The SMILES string of the molecule is [2H]c1c([2H])c2c(c3ccccc3n2-c2ccc(-c3ccc(-c4nc(-c5ccccc5)nc(-c5ccccc5)n4)cc3)cc2)c2c1sc1ccccc12. The summed E-state index contributed by atoms with van der Waals surface area (Å²) in [6.45, 7) is 0. The maximum Gasteiger partial charge on any atom is 0.164 e. The molecule has 7 aromatic carbocycles. The van der Waals surface area contributed by atoms with E-state index >= 15 is 0 Å². The standard InChI is InChI=1S/C45H28N4S/c1-3-11-31(12-4-1)43-46-44(32-13-5-2-6-14-32)48-45(47-43)33-21-19-29(20-22-33)30-23-25-34(26-24-30)49-37-17-9-7-15-35(37)41-38(49)27-28-40-42(41)36-16-8-10-18-39(36)50-40/h1-28H/i27D,28D. The lowest BCUT2D eigenvalue weighted by atomic mass is 10.0. The molecule has 0 atom stereocenters. The lowest BCUT2D eigenvalue weighted by Gasteiger charge is -2.10. The third kappa shape index (κ3) is 4.71. The van der Waals surface area contributed by atoms with Gasteiger partial charge in [-0.3, -0.25) is 0 Å². The van der Waals surface area contributed by atoms with Crippen molar-refractivity contribution in [3.05, 3.63) is 170 Å². The van der Waals surface area contributed by atoms with E-state index in [4.69, 9.17) is 16.3 Å². The minimum atomic E-state index is 0.245. The van der Waals surface area contributed by atoms with E-state index in [-0.39, 0.29) is 12.1 Å². The van der Waals surface area contributed by atoms with Gasteiger partial charge in [0.2, 0.25) is 0 Å². The van der Waals surface area contributed by atoms with Gasteiger partial charge in [-0.15, -0.1) is 11.3 Å². The van der Waals surface area contributed by atoms with Gasteiger partial charge in [0.25, 0.3) is 0 Å². The Hall–Kier alpha value is -6.43. The predicted octanol–water partition coefficient (Wildman–Crippen LogP) is 12.0. The van der Waals surface area contributed by atoms with Gasteiger partial charge in [-0.05, 0) is 47.5 Å². The van der Waals surface area contributed by atoms with Gasteiger partial charge in [0.1, 0.15) is 0 Å². The molecule has 0 fully saturated rings. The number of hydrogen-bond acceptors (Lipinski definition) is 4. The van der Waals surface area contributed by atoms with Crippen LogP contribution >= 0.6 is 11.3 Å². The normalized spacial score (nSPS) is 12.2. The van der Waals surface area contributed by atoms with Crippen molar-refractivity contribution in [1.29, 1.82) is 0 Å². The first-order chi connectivity index (χ1) is 25.6. The van der Waals surface area contributed by atoms with Gasteiger partial charge in [-0.25, -0.2) is 15.0 Å². The molecule has 0 saturated carbocycles. The van der Waals surface area contributed by atoms with E-state index < -0.39 is 0 Å². The summed E-state index contributed by atoms with van der Waals surface area (Å²) in [5.74, 6) is 1.89. The molecule has 10 aromatic rings. The highest BCUT2D eigenvalue weighted by Crippen LogP contribution is 2.43. The summed E-state index contributed by atoms with van der Waals surface area (Å²) in [6, 6.07) is 54.0. The number of fused-ring (bicyclic) bond motifs is 7. The van der Waals surface area contributed by atoms with Crippen molar-refractivity contribution >= 4 is 53.3 Å². The van der Waals surface area contributed by atoms with Crippen LogP contribution in [0.3, 0.4) is 0 Å². The molecule has 0 aliphatic rings. The van der Waals surface area contributed by atoms with Crippen LogP contribution < -0.4 is 0 Å². The quantitative estimate of drug-likeness (QED) is 0.185. The van der Waals surface area contributed by atoms with Crippen molar-refractivity contribution < 1.29 is 2.74 Å². The minimum absolute atomic E-state index is 0.245. The lowest BCUT2D eigenvalue weighted by Crippen LogP contribution is -2.00. The van der Waals surface area contributed by atoms with Crippen LogP contribution in [0.2, 0.25) is 0 Å². The molecule has 0 amide bonds. The third-order valence-electron chi connectivity index (χ3n) is 9.32.